The van der Waals surface area contributed by atoms with E-state index in [1.165, 1.54) is 0 Å². The molecule has 29 heavy (non-hydrogen) atoms. The molecule has 0 spiro atoms. The lowest BCUT2D eigenvalue weighted by atomic mass is 10.2. The lowest BCUT2D eigenvalue weighted by Gasteiger charge is -2.25. The highest BCUT2D eigenvalue weighted by Crippen LogP contribution is 2.45. The Hall–Kier alpha value is -2.16. The molecule has 2 unspecified atom stereocenters. The molecule has 0 rings (SSSR count). The molecule has 0 N–H and O–H groups in total. The summed E-state index contributed by atoms with van der Waals surface area (Å²) in [5.74, 6) is -27.2. The second kappa shape index (κ2) is 8.69. The number of methoxy groups -OCH3 is 2. The zero-order valence-corrected chi connectivity index (χ0v) is 14.2. The van der Waals surface area contributed by atoms with E-state index in [9.17, 15) is 52.7 Å². The topological polar surface area (TPSA) is 27.7 Å². The molecule has 0 amide bonds. The average Bonchev–Trinajstić information content (AvgIpc) is 2.61. The highest BCUT2D eigenvalue weighted by molar-refractivity contribution is 5.31. The van der Waals surface area contributed by atoms with E-state index in [0.717, 1.165) is 0 Å². The van der Waals surface area contributed by atoms with Crippen molar-refractivity contribution in [3.05, 3.63) is 48.0 Å². The molecule has 0 aromatic carbocycles. The van der Waals surface area contributed by atoms with E-state index >= 15 is 0 Å². The van der Waals surface area contributed by atoms with Crippen LogP contribution in [0.2, 0.25) is 0 Å². The maximum absolute atomic E-state index is 13.6. The largest absolute Gasteiger partial charge is 0.455 e. The third-order valence-corrected chi connectivity index (χ3v) is 2.98. The number of hydrogen-bond donors (Lipinski definition) is 0. The van der Waals surface area contributed by atoms with Gasteiger partial charge in [0.2, 0.25) is 23.3 Å². The molecule has 3 nitrogen and oxygen atoms in total. The summed E-state index contributed by atoms with van der Waals surface area (Å²) in [6.45, 7) is 4.83. The van der Waals surface area contributed by atoms with Crippen molar-refractivity contribution in [1.29, 1.82) is 0 Å². The van der Waals surface area contributed by atoms with Gasteiger partial charge in [0, 0.05) is 14.2 Å². The Balaban J connectivity index is 5.96. The monoisotopic (exact) mass is 454 g/mol. The molecule has 0 bridgehead atoms. The van der Waals surface area contributed by atoms with Crippen molar-refractivity contribution in [1.82, 2.24) is 0 Å². The van der Waals surface area contributed by atoms with Crippen molar-refractivity contribution in [2.45, 2.75) is 24.1 Å². The van der Waals surface area contributed by atoms with Crippen LogP contribution in [0.4, 0.5) is 52.7 Å². The minimum atomic E-state index is -6.17. The Labute approximate surface area is 154 Å². The SMILES string of the molecule is C=C(OC(=C)C(F)=C(F)C(F)(OC)C(F)(F)F)C(F)=C(F)C(F)(OC)C(F)(F)F. The van der Waals surface area contributed by atoms with E-state index in [-0.39, 0.29) is 14.2 Å². The second-order valence-electron chi connectivity index (χ2n) is 4.80. The van der Waals surface area contributed by atoms with E-state index in [0.29, 0.717) is 0 Å². The van der Waals surface area contributed by atoms with Gasteiger partial charge in [0.1, 0.15) is 0 Å². The number of allylic oxidation sites excluding steroid dienone is 2. The summed E-state index contributed by atoms with van der Waals surface area (Å²) in [7, 11) is -0.0210. The Morgan fingerprint density at radius 3 is 1.00 bits per heavy atom. The maximum atomic E-state index is 13.6. The Kier molecular flexibility index (Phi) is 8.04. The average molecular weight is 454 g/mol. The van der Waals surface area contributed by atoms with E-state index in [1.807, 2.05) is 0 Å². The Morgan fingerprint density at radius 1 is 0.586 bits per heavy atom. The van der Waals surface area contributed by atoms with E-state index < -0.39 is 58.9 Å². The van der Waals surface area contributed by atoms with Crippen LogP contribution < -0.4 is 0 Å². The Bertz CT molecular complexity index is 660. The molecular formula is C14H10F12O3. The van der Waals surface area contributed by atoms with Crippen LogP contribution in [0.15, 0.2) is 48.0 Å². The molecule has 168 valence electrons. The molecule has 0 saturated heterocycles. The summed E-state index contributed by atoms with van der Waals surface area (Å²) >= 11 is 0. The fourth-order valence-electron chi connectivity index (χ4n) is 1.42. The van der Waals surface area contributed by atoms with Gasteiger partial charge in [0.25, 0.3) is 0 Å². The van der Waals surface area contributed by atoms with Gasteiger partial charge in [-0.3, -0.25) is 0 Å². The first-order valence-electron chi connectivity index (χ1n) is 6.61. The summed E-state index contributed by atoms with van der Waals surface area (Å²) in [5.41, 5.74) is 0. The molecule has 0 aromatic rings. The van der Waals surface area contributed by atoms with E-state index in [4.69, 9.17) is 0 Å². The van der Waals surface area contributed by atoms with E-state index in [1.54, 1.807) is 0 Å². The molecule has 0 aromatic heterocycles. The zero-order valence-electron chi connectivity index (χ0n) is 14.2. The van der Waals surface area contributed by atoms with Crippen LogP contribution in [-0.2, 0) is 14.2 Å². The first-order valence-corrected chi connectivity index (χ1v) is 6.61. The Morgan fingerprint density at radius 2 is 0.828 bits per heavy atom. The summed E-state index contributed by atoms with van der Waals surface area (Å²) in [6.07, 6.45) is -12.3. The molecule has 0 aliphatic heterocycles. The highest BCUT2D eigenvalue weighted by atomic mass is 19.4. The van der Waals surface area contributed by atoms with Crippen LogP contribution in [0.1, 0.15) is 0 Å². The number of hydrogen-bond acceptors (Lipinski definition) is 3. The number of alkyl halides is 8. The van der Waals surface area contributed by atoms with Gasteiger partial charge in [-0.25, -0.2) is 8.78 Å². The van der Waals surface area contributed by atoms with Crippen molar-refractivity contribution in [2.24, 2.45) is 0 Å². The summed E-state index contributed by atoms with van der Waals surface area (Å²) in [4.78, 5) is 0. The predicted octanol–water partition coefficient (Wildman–Crippen LogP) is 6.08. The molecule has 15 heteroatoms. The normalized spacial score (nSPS) is 18.8. The van der Waals surface area contributed by atoms with Crippen molar-refractivity contribution < 1.29 is 66.9 Å². The molecule has 0 aliphatic carbocycles. The van der Waals surface area contributed by atoms with Gasteiger partial charge >= 0.3 is 24.1 Å². The van der Waals surface area contributed by atoms with Crippen LogP contribution >= 0.6 is 0 Å². The van der Waals surface area contributed by atoms with Gasteiger partial charge in [0.05, 0.1) is 0 Å². The van der Waals surface area contributed by atoms with Gasteiger partial charge in [-0.05, 0) is 0 Å². The van der Waals surface area contributed by atoms with Crippen molar-refractivity contribution in [3.63, 3.8) is 0 Å². The minimum absolute atomic E-state index is 0.0105. The van der Waals surface area contributed by atoms with Crippen molar-refractivity contribution in [2.75, 3.05) is 14.2 Å². The molecule has 0 heterocycles. The second-order valence-corrected chi connectivity index (χ2v) is 4.80. The van der Waals surface area contributed by atoms with Crippen LogP contribution in [0.5, 0.6) is 0 Å². The fraction of sp³-hybridized carbons (Fsp3) is 0.429. The number of halogens is 12. The maximum Gasteiger partial charge on any atom is 0.455 e. The van der Waals surface area contributed by atoms with Gasteiger partial charge in [-0.15, -0.1) is 0 Å². The smallest absolute Gasteiger partial charge is 0.452 e. The standard InChI is InChI=1S/C14H10F12O3/c1-5(7(15)9(17)11(19,27-3)13(21,22)23)29-6(2)8(16)10(18)12(20,28-4)14(24,25)26/h1-2H2,3-4H3. The molecule has 0 fully saturated rings. The first-order chi connectivity index (χ1) is 12.8. The number of ether oxygens (including phenoxy) is 3. The predicted molar refractivity (Wildman–Crippen MR) is 71.7 cm³/mol. The third kappa shape index (κ3) is 5.07. The van der Waals surface area contributed by atoms with E-state index in [2.05, 4.69) is 27.4 Å². The molecule has 0 aliphatic rings. The third-order valence-electron chi connectivity index (χ3n) is 2.98. The van der Waals surface area contributed by atoms with Crippen LogP contribution in [0.25, 0.3) is 0 Å². The first kappa shape index (κ1) is 26.8. The molecular weight excluding hydrogens is 444 g/mol. The summed E-state index contributed by atoms with van der Waals surface area (Å²) in [6, 6.07) is 0. The fourth-order valence-corrected chi connectivity index (χ4v) is 1.42. The molecule has 0 saturated carbocycles. The van der Waals surface area contributed by atoms with Crippen molar-refractivity contribution in [3.8, 4) is 0 Å². The zero-order chi connectivity index (χ0) is 23.6. The molecule has 2 atom stereocenters. The molecule has 0 radical (unpaired) electrons. The number of rotatable bonds is 8. The van der Waals surface area contributed by atoms with Crippen molar-refractivity contribution >= 4 is 0 Å². The summed E-state index contributed by atoms with van der Waals surface area (Å²) < 4.78 is 166. The highest BCUT2D eigenvalue weighted by Gasteiger charge is 2.63. The van der Waals surface area contributed by atoms with Crippen LogP contribution in [0.3, 0.4) is 0 Å². The lowest BCUT2D eigenvalue weighted by Crippen LogP contribution is -2.44. The van der Waals surface area contributed by atoms with Gasteiger partial charge in [0.15, 0.2) is 11.5 Å². The minimum Gasteiger partial charge on any atom is -0.452 e. The lowest BCUT2D eigenvalue weighted by molar-refractivity contribution is -0.313. The quantitative estimate of drug-likeness (QED) is 0.253. The van der Waals surface area contributed by atoms with Gasteiger partial charge in [-0.2, -0.15) is 43.9 Å². The summed E-state index contributed by atoms with van der Waals surface area (Å²) in [5, 5.41) is 0. The van der Waals surface area contributed by atoms with Gasteiger partial charge in [-0.1, -0.05) is 13.2 Å². The van der Waals surface area contributed by atoms with Crippen LogP contribution in [-0.4, -0.2) is 38.3 Å². The van der Waals surface area contributed by atoms with Gasteiger partial charge < -0.3 is 14.2 Å². The van der Waals surface area contributed by atoms with Crippen LogP contribution in [0, 0.1) is 0 Å².